The average molecular weight is 378 g/mol. The molecule has 0 fully saturated rings. The Kier molecular flexibility index (Phi) is 4.77. The summed E-state index contributed by atoms with van der Waals surface area (Å²) in [6.45, 7) is 1.79. The van der Waals surface area contributed by atoms with Gasteiger partial charge in [-0.3, -0.25) is 10.2 Å². The molecule has 0 aromatic heterocycles. The lowest BCUT2D eigenvalue weighted by atomic mass is 9.97. The number of hydrogen-bond donors (Lipinski definition) is 3. The van der Waals surface area contributed by atoms with Crippen LogP contribution in [0.15, 0.2) is 60.7 Å². The Morgan fingerprint density at radius 3 is 2.25 bits per heavy atom. The average Bonchev–Trinajstić information content (AvgIpc) is 2.97. The summed E-state index contributed by atoms with van der Waals surface area (Å²) in [5.74, 6) is 0.0102. The van der Waals surface area contributed by atoms with Gasteiger partial charge in [-0.2, -0.15) is 5.01 Å². The van der Waals surface area contributed by atoms with Gasteiger partial charge in [-0.25, -0.2) is 0 Å². The van der Waals surface area contributed by atoms with Crippen LogP contribution in [0.4, 0.5) is 0 Å². The molecule has 6 nitrogen and oxygen atoms in total. The molecule has 144 valence electrons. The number of carbonyl (C=O) groups excluding carboxylic acids is 1. The van der Waals surface area contributed by atoms with Gasteiger partial charge in [-0.1, -0.05) is 48.5 Å². The topological polar surface area (TPSA) is 82.0 Å². The number of nitrogens with zero attached hydrogens (tertiary/aromatic N) is 1. The number of benzene rings is 3. The van der Waals surface area contributed by atoms with Crippen LogP contribution in [-0.4, -0.2) is 28.2 Å². The molecule has 0 saturated carbocycles. The molecule has 1 aliphatic heterocycles. The minimum absolute atomic E-state index is 0.307. The highest BCUT2D eigenvalue weighted by Crippen LogP contribution is 2.37. The first-order chi connectivity index (χ1) is 13.5. The van der Waals surface area contributed by atoms with E-state index in [1.165, 1.54) is 5.01 Å². The standard InChI is InChI=1S/C22H22N2O4/c1-13(14-7-8-16-12-17(28-2)10-9-15(16)11-14)20(25)23-24-21(26)18-5-3-4-6-19(18)22(24)27/h3-13,21-22,26-27H,1-2H3,(H,23,25). The van der Waals surface area contributed by atoms with E-state index in [2.05, 4.69) is 5.43 Å². The molecule has 0 spiro atoms. The monoisotopic (exact) mass is 378 g/mol. The summed E-state index contributed by atoms with van der Waals surface area (Å²) in [7, 11) is 1.63. The molecule has 0 saturated heterocycles. The second kappa shape index (κ2) is 7.24. The number of rotatable bonds is 4. The van der Waals surface area contributed by atoms with Crippen LogP contribution in [0.5, 0.6) is 5.75 Å². The Morgan fingerprint density at radius 1 is 1.00 bits per heavy atom. The second-order valence-corrected chi connectivity index (χ2v) is 6.95. The predicted molar refractivity (Wildman–Crippen MR) is 105 cm³/mol. The maximum atomic E-state index is 12.8. The summed E-state index contributed by atoms with van der Waals surface area (Å²) in [5.41, 5.74) is 4.68. The lowest BCUT2D eigenvalue weighted by Crippen LogP contribution is -2.44. The fourth-order valence-corrected chi connectivity index (χ4v) is 3.55. The summed E-state index contributed by atoms with van der Waals surface area (Å²) in [6.07, 6.45) is -2.18. The molecule has 3 unspecified atom stereocenters. The molecule has 4 rings (SSSR count). The van der Waals surface area contributed by atoms with E-state index in [-0.39, 0.29) is 5.91 Å². The molecule has 3 aromatic carbocycles. The van der Waals surface area contributed by atoms with Crippen LogP contribution < -0.4 is 10.2 Å². The fraction of sp³-hybridized carbons (Fsp3) is 0.227. The summed E-state index contributed by atoms with van der Waals surface area (Å²) in [4.78, 5) is 12.8. The molecule has 28 heavy (non-hydrogen) atoms. The molecule has 0 radical (unpaired) electrons. The number of hydrogen-bond acceptors (Lipinski definition) is 5. The number of fused-ring (bicyclic) bond motifs is 2. The van der Waals surface area contributed by atoms with Crippen molar-refractivity contribution in [3.8, 4) is 5.75 Å². The molecule has 6 heteroatoms. The quantitative estimate of drug-likeness (QED) is 0.650. The van der Waals surface area contributed by atoms with E-state index in [1.54, 1.807) is 38.3 Å². The Morgan fingerprint density at radius 2 is 1.61 bits per heavy atom. The molecule has 3 N–H and O–H groups in total. The first kappa shape index (κ1) is 18.4. The third kappa shape index (κ3) is 3.11. The van der Waals surface area contributed by atoms with Crippen LogP contribution in [0.2, 0.25) is 0 Å². The van der Waals surface area contributed by atoms with Gasteiger partial charge >= 0.3 is 0 Å². The number of carbonyl (C=O) groups is 1. The number of aliphatic hydroxyl groups excluding tert-OH is 2. The van der Waals surface area contributed by atoms with Gasteiger partial charge in [-0.15, -0.1) is 0 Å². The highest BCUT2D eigenvalue weighted by Gasteiger charge is 2.37. The van der Waals surface area contributed by atoms with Crippen LogP contribution in [-0.2, 0) is 4.79 Å². The molecule has 0 bridgehead atoms. The molecular formula is C22H22N2O4. The van der Waals surface area contributed by atoms with E-state index in [9.17, 15) is 15.0 Å². The minimum Gasteiger partial charge on any atom is -0.497 e. The van der Waals surface area contributed by atoms with Gasteiger partial charge in [0.25, 0.3) is 0 Å². The van der Waals surface area contributed by atoms with Gasteiger partial charge in [0.2, 0.25) is 5.91 Å². The van der Waals surface area contributed by atoms with Crippen molar-refractivity contribution >= 4 is 16.7 Å². The zero-order valence-corrected chi connectivity index (χ0v) is 15.7. The number of amides is 1. The van der Waals surface area contributed by atoms with Gasteiger partial charge < -0.3 is 14.9 Å². The van der Waals surface area contributed by atoms with Crippen LogP contribution in [0.3, 0.4) is 0 Å². The maximum Gasteiger partial charge on any atom is 0.241 e. The molecule has 0 aliphatic carbocycles. The molecular weight excluding hydrogens is 356 g/mol. The van der Waals surface area contributed by atoms with Gasteiger partial charge in [-0.05, 0) is 35.4 Å². The Balaban J connectivity index is 1.53. The van der Waals surface area contributed by atoms with Crippen LogP contribution >= 0.6 is 0 Å². The van der Waals surface area contributed by atoms with Crippen LogP contribution in [0, 0.1) is 0 Å². The van der Waals surface area contributed by atoms with Crippen molar-refractivity contribution < 1.29 is 19.7 Å². The van der Waals surface area contributed by atoms with Gasteiger partial charge in [0.05, 0.1) is 13.0 Å². The van der Waals surface area contributed by atoms with E-state index in [0.29, 0.717) is 11.1 Å². The molecule has 1 amide bonds. The third-order valence-corrected chi connectivity index (χ3v) is 5.28. The highest BCUT2D eigenvalue weighted by molar-refractivity contribution is 5.88. The van der Waals surface area contributed by atoms with Crippen LogP contribution in [0.1, 0.15) is 42.0 Å². The first-order valence-electron chi connectivity index (χ1n) is 9.11. The molecule has 3 atom stereocenters. The summed E-state index contributed by atoms with van der Waals surface area (Å²) in [6, 6.07) is 18.6. The number of aliphatic hydroxyl groups is 2. The van der Waals surface area contributed by atoms with Crippen molar-refractivity contribution in [1.82, 2.24) is 10.4 Å². The SMILES string of the molecule is COc1ccc2cc(C(C)C(=O)NN3C(O)c4ccccc4C3O)ccc2c1. The number of ether oxygens (including phenoxy) is 1. The van der Waals surface area contributed by atoms with E-state index in [1.807, 2.05) is 36.4 Å². The number of methoxy groups -OCH3 is 1. The molecule has 3 aromatic rings. The summed E-state index contributed by atoms with van der Waals surface area (Å²) in [5, 5.41) is 24.1. The lowest BCUT2D eigenvalue weighted by molar-refractivity contribution is -0.150. The Bertz CT molecular complexity index is 1010. The number of nitrogens with one attached hydrogen (secondary N) is 1. The zero-order chi connectivity index (χ0) is 19.8. The van der Waals surface area contributed by atoms with Crippen molar-refractivity contribution in [2.75, 3.05) is 7.11 Å². The smallest absolute Gasteiger partial charge is 0.241 e. The van der Waals surface area contributed by atoms with Crippen molar-refractivity contribution in [3.63, 3.8) is 0 Å². The van der Waals surface area contributed by atoms with Gasteiger partial charge in [0, 0.05) is 11.1 Å². The van der Waals surface area contributed by atoms with E-state index < -0.39 is 18.4 Å². The Labute approximate surface area is 162 Å². The van der Waals surface area contributed by atoms with Gasteiger partial charge in [0.1, 0.15) is 5.75 Å². The van der Waals surface area contributed by atoms with E-state index >= 15 is 0 Å². The predicted octanol–water partition coefficient (Wildman–Crippen LogP) is 2.98. The lowest BCUT2D eigenvalue weighted by Gasteiger charge is -2.26. The summed E-state index contributed by atoms with van der Waals surface area (Å²) >= 11 is 0. The normalized spacial score (nSPS) is 20.0. The van der Waals surface area contributed by atoms with Gasteiger partial charge in [0.15, 0.2) is 12.5 Å². The Hall–Kier alpha value is -2.93. The van der Waals surface area contributed by atoms with E-state index in [4.69, 9.17) is 4.74 Å². The van der Waals surface area contributed by atoms with Crippen molar-refractivity contribution in [3.05, 3.63) is 77.4 Å². The number of hydrazine groups is 1. The second-order valence-electron chi connectivity index (χ2n) is 6.95. The first-order valence-corrected chi connectivity index (χ1v) is 9.11. The minimum atomic E-state index is -1.09. The highest BCUT2D eigenvalue weighted by atomic mass is 16.5. The summed E-state index contributed by atoms with van der Waals surface area (Å²) < 4.78 is 5.24. The van der Waals surface area contributed by atoms with Crippen molar-refractivity contribution in [1.29, 1.82) is 0 Å². The van der Waals surface area contributed by atoms with Crippen molar-refractivity contribution in [2.24, 2.45) is 0 Å². The largest absolute Gasteiger partial charge is 0.497 e. The van der Waals surface area contributed by atoms with Crippen molar-refractivity contribution in [2.45, 2.75) is 25.3 Å². The molecule has 1 aliphatic rings. The zero-order valence-electron chi connectivity index (χ0n) is 15.7. The van der Waals surface area contributed by atoms with E-state index in [0.717, 1.165) is 22.1 Å². The van der Waals surface area contributed by atoms with Crippen LogP contribution in [0.25, 0.3) is 10.8 Å². The third-order valence-electron chi connectivity index (χ3n) is 5.28. The maximum absolute atomic E-state index is 12.8. The fourth-order valence-electron chi connectivity index (χ4n) is 3.55. The molecule has 1 heterocycles.